The van der Waals surface area contributed by atoms with Crippen molar-refractivity contribution in [1.82, 2.24) is 15.0 Å². The zero-order chi connectivity index (χ0) is 16.9. The van der Waals surface area contributed by atoms with Crippen LogP contribution < -0.4 is 21.0 Å². The predicted octanol–water partition coefficient (Wildman–Crippen LogP) is 1.65. The maximum Gasteiger partial charge on any atom is 0.292 e. The number of hydrogen-bond donors (Lipinski definition) is 2. The van der Waals surface area contributed by atoms with Crippen molar-refractivity contribution in [3.8, 4) is 0 Å². The molecule has 1 aliphatic heterocycles. The quantitative estimate of drug-likeness (QED) is 0.777. The van der Waals surface area contributed by atoms with Gasteiger partial charge in [-0.15, -0.1) is 4.73 Å². The Morgan fingerprint density at radius 1 is 1.38 bits per heavy atom. The number of nitrogens with zero attached hydrogens (tertiary/aromatic N) is 2. The van der Waals surface area contributed by atoms with E-state index in [1.807, 2.05) is 24.3 Å². The molecule has 6 nitrogen and oxygen atoms in total. The van der Waals surface area contributed by atoms with Crippen LogP contribution in [-0.4, -0.2) is 29.9 Å². The lowest BCUT2D eigenvalue weighted by molar-refractivity contribution is 0.157. The first kappa shape index (κ1) is 16.8. The smallest absolute Gasteiger partial charge is 0.292 e. The number of anilines is 1. The molecule has 1 aromatic heterocycles. The Kier molecular flexibility index (Phi) is 5.37. The first-order valence-corrected chi connectivity index (χ1v) is 8.45. The van der Waals surface area contributed by atoms with Gasteiger partial charge in [-0.25, -0.2) is 4.98 Å². The second-order valence-corrected chi connectivity index (χ2v) is 6.16. The van der Waals surface area contributed by atoms with Crippen LogP contribution in [0, 0.1) is 0 Å². The lowest BCUT2D eigenvalue weighted by Crippen LogP contribution is -2.38. The van der Waals surface area contributed by atoms with E-state index in [2.05, 4.69) is 15.6 Å². The molecule has 0 bridgehead atoms. The van der Waals surface area contributed by atoms with Gasteiger partial charge in [0.2, 0.25) is 5.95 Å². The van der Waals surface area contributed by atoms with Crippen LogP contribution in [0.4, 0.5) is 5.95 Å². The van der Waals surface area contributed by atoms with Crippen molar-refractivity contribution in [2.75, 3.05) is 25.5 Å². The van der Waals surface area contributed by atoms with E-state index >= 15 is 0 Å². The molecule has 1 aromatic carbocycles. The molecule has 0 radical (unpaired) electrons. The molecule has 0 fully saturated rings. The van der Waals surface area contributed by atoms with Crippen molar-refractivity contribution in [2.45, 2.75) is 25.8 Å². The molecule has 1 aliphatic rings. The minimum absolute atomic E-state index is 0.144. The fourth-order valence-electron chi connectivity index (χ4n) is 2.81. The van der Waals surface area contributed by atoms with Crippen molar-refractivity contribution in [3.63, 3.8) is 0 Å². The van der Waals surface area contributed by atoms with Gasteiger partial charge >= 0.3 is 0 Å². The number of rotatable bonds is 6. The van der Waals surface area contributed by atoms with E-state index in [0.29, 0.717) is 24.6 Å². The Balaban J connectivity index is 1.65. The number of nitrogens with one attached hydrogen (secondary N) is 2. The van der Waals surface area contributed by atoms with Gasteiger partial charge in [0.25, 0.3) is 5.56 Å². The maximum atomic E-state index is 12.5. The molecule has 24 heavy (non-hydrogen) atoms. The summed E-state index contributed by atoms with van der Waals surface area (Å²) in [5, 5.41) is 7.15. The highest BCUT2D eigenvalue weighted by Gasteiger charge is 2.19. The number of aryl methyl sites for hydroxylation is 1. The first-order valence-electron chi connectivity index (χ1n) is 8.07. The zero-order valence-corrected chi connectivity index (χ0v) is 14.4. The Labute approximate surface area is 145 Å². The third-order valence-corrected chi connectivity index (χ3v) is 4.34. The zero-order valence-electron chi connectivity index (χ0n) is 13.6. The van der Waals surface area contributed by atoms with Crippen molar-refractivity contribution in [1.29, 1.82) is 0 Å². The lowest BCUT2D eigenvalue weighted by atomic mass is 10.1. The molecule has 2 aromatic rings. The van der Waals surface area contributed by atoms with E-state index in [9.17, 15) is 4.79 Å². The molecule has 2 heterocycles. The van der Waals surface area contributed by atoms with Crippen LogP contribution in [0.1, 0.15) is 23.2 Å². The molecular formula is C17H21ClN4O2. The van der Waals surface area contributed by atoms with E-state index in [-0.39, 0.29) is 5.56 Å². The van der Waals surface area contributed by atoms with E-state index in [0.717, 1.165) is 36.5 Å². The maximum absolute atomic E-state index is 12.5. The Bertz CT molecular complexity index is 758. The van der Waals surface area contributed by atoms with E-state index in [1.165, 1.54) is 17.4 Å². The summed E-state index contributed by atoms with van der Waals surface area (Å²) in [7, 11) is 1.48. The van der Waals surface area contributed by atoms with Gasteiger partial charge in [0.05, 0.1) is 11.3 Å². The molecule has 0 spiro atoms. The van der Waals surface area contributed by atoms with Gasteiger partial charge in [0.15, 0.2) is 0 Å². The SMILES string of the molecule is COn1c(NCCCc2ccc(Cl)cc2)nc2c(c1=O)CNCC2. The summed E-state index contributed by atoms with van der Waals surface area (Å²) >= 11 is 5.89. The second kappa shape index (κ2) is 7.68. The summed E-state index contributed by atoms with van der Waals surface area (Å²) in [5.74, 6) is 0.472. The summed E-state index contributed by atoms with van der Waals surface area (Å²) < 4.78 is 1.23. The first-order chi connectivity index (χ1) is 11.7. The van der Waals surface area contributed by atoms with E-state index in [4.69, 9.17) is 16.4 Å². The van der Waals surface area contributed by atoms with Crippen LogP contribution in [0.15, 0.2) is 29.1 Å². The monoisotopic (exact) mass is 348 g/mol. The van der Waals surface area contributed by atoms with Crippen LogP contribution >= 0.6 is 11.6 Å². The topological polar surface area (TPSA) is 68.2 Å². The second-order valence-electron chi connectivity index (χ2n) is 5.73. The Morgan fingerprint density at radius 3 is 2.92 bits per heavy atom. The Morgan fingerprint density at radius 2 is 2.17 bits per heavy atom. The fourth-order valence-corrected chi connectivity index (χ4v) is 2.94. The van der Waals surface area contributed by atoms with Gasteiger partial charge < -0.3 is 15.5 Å². The Hall–Kier alpha value is -2.05. The largest absolute Gasteiger partial charge is 0.411 e. The van der Waals surface area contributed by atoms with Gasteiger partial charge in [0.1, 0.15) is 7.11 Å². The highest BCUT2D eigenvalue weighted by atomic mass is 35.5. The third-order valence-electron chi connectivity index (χ3n) is 4.09. The summed E-state index contributed by atoms with van der Waals surface area (Å²) in [5.41, 5.74) is 2.63. The molecule has 0 aliphatic carbocycles. The lowest BCUT2D eigenvalue weighted by Gasteiger charge is -2.19. The van der Waals surface area contributed by atoms with Crippen LogP contribution in [0.3, 0.4) is 0 Å². The minimum atomic E-state index is -0.144. The summed E-state index contributed by atoms with van der Waals surface area (Å²) in [6.45, 7) is 2.09. The van der Waals surface area contributed by atoms with Gasteiger partial charge in [-0.3, -0.25) is 4.79 Å². The highest BCUT2D eigenvalue weighted by Crippen LogP contribution is 2.12. The minimum Gasteiger partial charge on any atom is -0.411 e. The van der Waals surface area contributed by atoms with E-state index < -0.39 is 0 Å². The molecule has 0 saturated heterocycles. The van der Waals surface area contributed by atoms with Crippen LogP contribution in [0.2, 0.25) is 5.02 Å². The standard InChI is InChI=1S/C17H21ClN4O2/c1-24-22-16(23)14-11-19-10-8-15(14)21-17(22)20-9-2-3-12-4-6-13(18)7-5-12/h4-7,19H,2-3,8-11H2,1H3,(H,20,21). The molecule has 0 unspecified atom stereocenters. The summed E-state index contributed by atoms with van der Waals surface area (Å²) in [4.78, 5) is 22.2. The van der Waals surface area contributed by atoms with Gasteiger partial charge in [-0.05, 0) is 30.5 Å². The molecule has 0 atom stereocenters. The molecule has 0 amide bonds. The summed E-state index contributed by atoms with van der Waals surface area (Å²) in [6.07, 6.45) is 2.60. The number of hydrogen-bond acceptors (Lipinski definition) is 5. The molecule has 3 rings (SSSR count). The van der Waals surface area contributed by atoms with Crippen molar-refractivity contribution in [3.05, 3.63) is 56.5 Å². The van der Waals surface area contributed by atoms with Crippen molar-refractivity contribution >= 4 is 17.5 Å². The number of halogens is 1. The molecule has 2 N–H and O–H groups in total. The van der Waals surface area contributed by atoms with E-state index in [1.54, 1.807) is 0 Å². The molecule has 7 heteroatoms. The van der Waals surface area contributed by atoms with Crippen LogP contribution in [-0.2, 0) is 19.4 Å². The summed E-state index contributed by atoms with van der Waals surface area (Å²) in [6, 6.07) is 7.84. The normalized spacial score (nSPS) is 13.4. The molecule has 128 valence electrons. The van der Waals surface area contributed by atoms with Gasteiger partial charge in [0, 0.05) is 31.1 Å². The highest BCUT2D eigenvalue weighted by molar-refractivity contribution is 6.30. The van der Waals surface area contributed by atoms with Crippen molar-refractivity contribution in [2.24, 2.45) is 0 Å². The fraction of sp³-hybridized carbons (Fsp3) is 0.412. The number of benzene rings is 1. The van der Waals surface area contributed by atoms with Crippen LogP contribution in [0.25, 0.3) is 0 Å². The van der Waals surface area contributed by atoms with Gasteiger partial charge in [-0.2, -0.15) is 0 Å². The average Bonchev–Trinajstić information content (AvgIpc) is 2.60. The number of fused-ring (bicyclic) bond motifs is 1. The predicted molar refractivity (Wildman–Crippen MR) is 94.7 cm³/mol. The van der Waals surface area contributed by atoms with Crippen molar-refractivity contribution < 1.29 is 4.84 Å². The molecular weight excluding hydrogens is 328 g/mol. The molecule has 0 saturated carbocycles. The third kappa shape index (κ3) is 3.71. The average molecular weight is 349 g/mol. The van der Waals surface area contributed by atoms with Crippen LogP contribution in [0.5, 0.6) is 0 Å². The number of aromatic nitrogens is 2. The van der Waals surface area contributed by atoms with Gasteiger partial charge in [-0.1, -0.05) is 23.7 Å².